The average Bonchev–Trinajstić information content (AvgIpc) is 2.67. The van der Waals surface area contributed by atoms with Gasteiger partial charge in [-0.3, -0.25) is 15.0 Å². The zero-order valence-electron chi connectivity index (χ0n) is 15.2. The standard InChI is InChI=1S/C17H18N4O5S/c1-21(2)16(23)14(20-19-10-5-7-11(25-3)8-6-10)15-18-13(22)9-12(27-15)17(24)26-4/h5-9,19H,1-4H3/b20-14-. The number of hydrazone groups is 1. The summed E-state index contributed by atoms with van der Waals surface area (Å²) in [7, 11) is 5.83. The fourth-order valence-electron chi connectivity index (χ4n) is 1.89. The van der Waals surface area contributed by atoms with Gasteiger partial charge >= 0.3 is 5.97 Å². The second-order valence-corrected chi connectivity index (χ2v) is 6.39. The molecule has 2 aromatic rings. The maximum Gasteiger partial charge on any atom is 0.348 e. The second kappa shape index (κ2) is 8.90. The van der Waals surface area contributed by atoms with E-state index >= 15 is 0 Å². The first kappa shape index (κ1) is 20.0. The highest BCUT2D eigenvalue weighted by molar-refractivity contribution is 7.16. The second-order valence-electron chi connectivity index (χ2n) is 5.36. The molecule has 1 amide bonds. The van der Waals surface area contributed by atoms with E-state index in [4.69, 9.17) is 4.74 Å². The van der Waals surface area contributed by atoms with Crippen LogP contribution in [0.4, 0.5) is 5.69 Å². The van der Waals surface area contributed by atoms with E-state index in [9.17, 15) is 14.4 Å². The number of aromatic nitrogens is 1. The Balaban J connectivity index is 2.45. The van der Waals surface area contributed by atoms with Crippen LogP contribution in [0.15, 0.2) is 40.2 Å². The third kappa shape index (κ3) is 5.11. The number of methoxy groups -OCH3 is 2. The van der Waals surface area contributed by atoms with Crippen LogP contribution in [0.3, 0.4) is 0 Å². The molecule has 142 valence electrons. The highest BCUT2D eigenvalue weighted by Gasteiger charge is 2.22. The van der Waals surface area contributed by atoms with Crippen molar-refractivity contribution in [1.82, 2.24) is 9.88 Å². The molecule has 0 unspecified atom stereocenters. The van der Waals surface area contributed by atoms with Crippen LogP contribution < -0.4 is 15.7 Å². The van der Waals surface area contributed by atoms with E-state index in [2.05, 4.69) is 20.2 Å². The van der Waals surface area contributed by atoms with Gasteiger partial charge in [-0.1, -0.05) is 0 Å². The molecule has 0 aliphatic heterocycles. The molecule has 2 rings (SSSR count). The summed E-state index contributed by atoms with van der Waals surface area (Å²) in [4.78, 5) is 41.2. The summed E-state index contributed by atoms with van der Waals surface area (Å²) in [6.45, 7) is 0. The third-order valence-electron chi connectivity index (χ3n) is 3.26. The number of rotatable bonds is 6. The fraction of sp³-hybridized carbons (Fsp3) is 0.235. The van der Waals surface area contributed by atoms with Crippen molar-refractivity contribution in [2.24, 2.45) is 5.10 Å². The Morgan fingerprint density at radius 3 is 2.41 bits per heavy atom. The minimum absolute atomic E-state index is 0.00242. The van der Waals surface area contributed by atoms with Crippen molar-refractivity contribution < 1.29 is 19.1 Å². The highest BCUT2D eigenvalue weighted by Crippen LogP contribution is 2.16. The molecule has 0 atom stereocenters. The number of carbonyl (C=O) groups excluding carboxylic acids is 2. The predicted molar refractivity (Wildman–Crippen MR) is 102 cm³/mol. The van der Waals surface area contributed by atoms with E-state index in [-0.39, 0.29) is 15.6 Å². The molecule has 27 heavy (non-hydrogen) atoms. The first-order chi connectivity index (χ1) is 12.8. The van der Waals surface area contributed by atoms with Crippen LogP contribution in [-0.4, -0.2) is 55.8 Å². The van der Waals surface area contributed by atoms with Crippen molar-refractivity contribution >= 4 is 34.6 Å². The number of nitrogens with zero attached hydrogens (tertiary/aromatic N) is 3. The highest BCUT2D eigenvalue weighted by atomic mass is 32.1. The molecule has 0 saturated heterocycles. The summed E-state index contributed by atoms with van der Waals surface area (Å²) in [6.07, 6.45) is 0. The number of nitrogens with one attached hydrogen (secondary N) is 1. The van der Waals surface area contributed by atoms with Crippen molar-refractivity contribution in [3.63, 3.8) is 0 Å². The summed E-state index contributed by atoms with van der Waals surface area (Å²) in [6, 6.07) is 7.91. The van der Waals surface area contributed by atoms with Crippen LogP contribution in [-0.2, 0) is 9.53 Å². The number of esters is 1. The summed E-state index contributed by atoms with van der Waals surface area (Å²) >= 11 is 0.840. The predicted octanol–water partition coefficient (Wildman–Crippen LogP) is 1.20. The van der Waals surface area contributed by atoms with E-state index in [0.717, 1.165) is 17.4 Å². The lowest BCUT2D eigenvalue weighted by atomic mass is 10.3. The molecule has 0 fully saturated rings. The number of hydrogen-bond donors (Lipinski definition) is 1. The average molecular weight is 390 g/mol. The molecule has 0 aliphatic rings. The van der Waals surface area contributed by atoms with Gasteiger partial charge in [0.2, 0.25) is 0 Å². The van der Waals surface area contributed by atoms with Gasteiger partial charge in [-0.05, 0) is 24.3 Å². The number of amides is 1. The molecule has 0 saturated carbocycles. The van der Waals surface area contributed by atoms with E-state index < -0.39 is 17.4 Å². The largest absolute Gasteiger partial charge is 0.497 e. The minimum Gasteiger partial charge on any atom is -0.497 e. The Morgan fingerprint density at radius 1 is 1.19 bits per heavy atom. The molecular formula is C17H18N4O5S. The van der Waals surface area contributed by atoms with Gasteiger partial charge in [0.25, 0.3) is 11.5 Å². The quantitative estimate of drug-likeness (QED) is 0.448. The van der Waals surface area contributed by atoms with Gasteiger partial charge in [-0.25, -0.2) is 4.79 Å². The first-order valence-corrected chi connectivity index (χ1v) is 8.47. The summed E-state index contributed by atoms with van der Waals surface area (Å²) in [5.74, 6) is -0.513. The van der Waals surface area contributed by atoms with Crippen LogP contribution in [0.5, 0.6) is 5.75 Å². The van der Waals surface area contributed by atoms with Crippen LogP contribution in [0.1, 0.15) is 14.7 Å². The minimum atomic E-state index is -0.694. The SMILES string of the molecule is COC(=O)c1cc(=O)nc(/C(=N/Nc2ccc(OC)cc2)C(=O)N(C)C)s1. The van der Waals surface area contributed by atoms with Crippen LogP contribution in [0.25, 0.3) is 0 Å². The van der Waals surface area contributed by atoms with Crippen molar-refractivity contribution in [3.05, 3.63) is 50.6 Å². The number of anilines is 1. The van der Waals surface area contributed by atoms with E-state index in [1.807, 2.05) is 0 Å². The molecule has 1 heterocycles. The van der Waals surface area contributed by atoms with Crippen molar-refractivity contribution in [1.29, 1.82) is 0 Å². The van der Waals surface area contributed by atoms with Gasteiger partial charge in [-0.2, -0.15) is 10.1 Å². The lowest BCUT2D eigenvalue weighted by Crippen LogP contribution is -2.32. The molecular weight excluding hydrogens is 372 g/mol. The van der Waals surface area contributed by atoms with Crippen LogP contribution in [0.2, 0.25) is 0 Å². The van der Waals surface area contributed by atoms with E-state index in [0.29, 0.717) is 11.4 Å². The third-order valence-corrected chi connectivity index (χ3v) is 4.24. The zero-order chi connectivity index (χ0) is 20.0. The van der Waals surface area contributed by atoms with Gasteiger partial charge in [0.15, 0.2) is 10.7 Å². The summed E-state index contributed by atoms with van der Waals surface area (Å²) in [5, 5.41) is 4.10. The lowest BCUT2D eigenvalue weighted by Gasteiger charge is -2.12. The van der Waals surface area contributed by atoms with Crippen LogP contribution in [0, 0.1) is 0 Å². The van der Waals surface area contributed by atoms with Crippen molar-refractivity contribution in [2.75, 3.05) is 33.7 Å². The number of benzene rings is 1. The lowest BCUT2D eigenvalue weighted by molar-refractivity contribution is -0.121. The number of ether oxygens (including phenoxy) is 2. The summed E-state index contributed by atoms with van der Waals surface area (Å²) in [5.41, 5.74) is 2.56. The van der Waals surface area contributed by atoms with Gasteiger partial charge < -0.3 is 14.4 Å². The fourth-order valence-corrected chi connectivity index (χ4v) is 2.79. The Morgan fingerprint density at radius 2 is 1.85 bits per heavy atom. The monoisotopic (exact) mass is 390 g/mol. The van der Waals surface area contributed by atoms with E-state index in [1.165, 1.54) is 26.1 Å². The zero-order valence-corrected chi connectivity index (χ0v) is 16.0. The van der Waals surface area contributed by atoms with Gasteiger partial charge in [0.05, 0.1) is 19.9 Å². The van der Waals surface area contributed by atoms with Crippen molar-refractivity contribution in [3.8, 4) is 5.75 Å². The molecule has 10 heteroatoms. The normalized spacial score (nSPS) is 10.9. The molecule has 0 bridgehead atoms. The number of carbonyl (C=O) groups is 2. The molecule has 0 spiro atoms. The molecule has 0 radical (unpaired) electrons. The first-order valence-electron chi connectivity index (χ1n) is 7.66. The molecule has 1 N–H and O–H groups in total. The molecule has 1 aromatic heterocycles. The summed E-state index contributed by atoms with van der Waals surface area (Å²) < 4.78 is 9.71. The van der Waals surface area contributed by atoms with Crippen molar-refractivity contribution in [2.45, 2.75) is 0 Å². The Kier molecular flexibility index (Phi) is 6.61. The van der Waals surface area contributed by atoms with E-state index in [1.54, 1.807) is 31.4 Å². The van der Waals surface area contributed by atoms with Crippen LogP contribution >= 0.6 is 11.3 Å². The maximum atomic E-state index is 12.5. The Labute approximate surface area is 159 Å². The molecule has 0 aliphatic carbocycles. The Hall–Kier alpha value is -3.27. The smallest absolute Gasteiger partial charge is 0.348 e. The number of hydrogen-bond acceptors (Lipinski definition) is 9. The van der Waals surface area contributed by atoms with Gasteiger partial charge in [0, 0.05) is 20.2 Å². The molecule has 1 aromatic carbocycles. The topological polar surface area (TPSA) is 110 Å². The molecule has 9 nitrogen and oxygen atoms in total. The number of likely N-dealkylation sites (N-methyl/N-ethyl adjacent to an activating group) is 1. The van der Waals surface area contributed by atoms with Gasteiger partial charge in [-0.15, -0.1) is 11.3 Å². The van der Waals surface area contributed by atoms with Gasteiger partial charge in [0.1, 0.15) is 10.6 Å². The Bertz CT molecular complexity index is 922. The maximum absolute atomic E-state index is 12.5.